The summed E-state index contributed by atoms with van der Waals surface area (Å²) in [5.74, 6) is 0.00173. The van der Waals surface area contributed by atoms with Gasteiger partial charge in [-0.25, -0.2) is 4.39 Å². The van der Waals surface area contributed by atoms with E-state index in [1.807, 2.05) is 30.3 Å². The topological polar surface area (TPSA) is 66.0 Å². The Bertz CT molecular complexity index is 880. The second kappa shape index (κ2) is 7.31. The first-order chi connectivity index (χ1) is 11.6. The van der Waals surface area contributed by atoms with Crippen molar-refractivity contribution in [2.24, 2.45) is 0 Å². The molecule has 4 nitrogen and oxygen atoms in total. The van der Waals surface area contributed by atoms with Gasteiger partial charge in [-0.3, -0.25) is 4.79 Å². The van der Waals surface area contributed by atoms with Gasteiger partial charge in [0, 0.05) is 12.2 Å². The summed E-state index contributed by atoms with van der Waals surface area (Å²) in [6.07, 6.45) is 0.193. The summed E-state index contributed by atoms with van der Waals surface area (Å²) in [7, 11) is 0. The summed E-state index contributed by atoms with van der Waals surface area (Å²) < 4.78 is 12.9. The van der Waals surface area contributed by atoms with Crippen molar-refractivity contribution >= 4 is 11.8 Å². The second-order valence-electron chi connectivity index (χ2n) is 5.25. The molecule has 3 aromatic rings. The number of rotatable bonds is 5. The fraction of sp³-hybridized carbons (Fsp3) is 0.111. The maximum Gasteiger partial charge on any atom is 0.258 e. The molecule has 1 heterocycles. The largest absolute Gasteiger partial charge is 0.493 e. The third kappa shape index (κ3) is 4.02. The first-order valence-corrected chi connectivity index (χ1v) is 8.34. The van der Waals surface area contributed by atoms with E-state index in [4.69, 9.17) is 0 Å². The summed E-state index contributed by atoms with van der Waals surface area (Å²) in [5, 5.41) is 10.4. The van der Waals surface area contributed by atoms with Gasteiger partial charge < -0.3 is 10.1 Å². The molecule has 0 amide bonds. The Hall–Kier alpha value is -2.60. The molecule has 0 aliphatic carbocycles. The number of halogens is 1. The molecule has 24 heavy (non-hydrogen) atoms. The number of nitrogens with zero attached hydrogens (tertiary/aromatic N) is 1. The normalized spacial score (nSPS) is 10.7. The number of aromatic amines is 1. The first-order valence-electron chi connectivity index (χ1n) is 7.35. The quantitative estimate of drug-likeness (QED) is 0.550. The maximum atomic E-state index is 12.9. The zero-order chi connectivity index (χ0) is 16.9. The summed E-state index contributed by atoms with van der Waals surface area (Å²) >= 11 is 1.34. The van der Waals surface area contributed by atoms with Gasteiger partial charge in [-0.15, -0.1) is 0 Å². The molecule has 0 saturated carbocycles. The van der Waals surface area contributed by atoms with Crippen LogP contribution in [0.3, 0.4) is 0 Å². The highest BCUT2D eigenvalue weighted by molar-refractivity contribution is 7.98. The number of thioether (sulfide) groups is 1. The summed E-state index contributed by atoms with van der Waals surface area (Å²) in [5.41, 5.74) is 1.61. The molecule has 1 aromatic heterocycles. The smallest absolute Gasteiger partial charge is 0.258 e. The Morgan fingerprint density at radius 2 is 1.75 bits per heavy atom. The Morgan fingerprint density at radius 1 is 1.04 bits per heavy atom. The van der Waals surface area contributed by atoms with Crippen LogP contribution in [-0.4, -0.2) is 15.1 Å². The van der Waals surface area contributed by atoms with Gasteiger partial charge >= 0.3 is 0 Å². The molecule has 0 atom stereocenters. The average Bonchev–Trinajstić information content (AvgIpc) is 2.59. The molecule has 6 heteroatoms. The number of benzene rings is 2. The van der Waals surface area contributed by atoms with Crippen LogP contribution in [0.5, 0.6) is 5.88 Å². The van der Waals surface area contributed by atoms with Crippen LogP contribution in [0, 0.1) is 5.82 Å². The van der Waals surface area contributed by atoms with E-state index in [-0.39, 0.29) is 29.2 Å². The molecule has 2 aromatic carbocycles. The molecule has 0 radical (unpaired) electrons. The zero-order valence-corrected chi connectivity index (χ0v) is 13.5. The van der Waals surface area contributed by atoms with Crippen LogP contribution in [-0.2, 0) is 12.2 Å². The van der Waals surface area contributed by atoms with Gasteiger partial charge in [-0.2, -0.15) is 4.98 Å². The van der Waals surface area contributed by atoms with E-state index >= 15 is 0 Å². The van der Waals surface area contributed by atoms with Crippen LogP contribution < -0.4 is 5.56 Å². The minimum atomic E-state index is -0.387. The predicted molar refractivity (Wildman–Crippen MR) is 91.7 cm³/mol. The average molecular weight is 342 g/mol. The number of hydrogen-bond acceptors (Lipinski definition) is 4. The van der Waals surface area contributed by atoms with Crippen LogP contribution in [0.15, 0.2) is 64.5 Å². The van der Waals surface area contributed by atoms with Gasteiger partial charge in [0.2, 0.25) is 5.88 Å². The zero-order valence-electron chi connectivity index (χ0n) is 12.7. The molecular weight excluding hydrogens is 327 g/mol. The SMILES string of the molecule is O=c1[nH]c(SCc2ccccc2)nc(O)c1Cc1ccc(F)cc1. The van der Waals surface area contributed by atoms with E-state index in [2.05, 4.69) is 9.97 Å². The van der Waals surface area contributed by atoms with E-state index in [1.54, 1.807) is 12.1 Å². The van der Waals surface area contributed by atoms with E-state index in [9.17, 15) is 14.3 Å². The van der Waals surface area contributed by atoms with Crippen molar-refractivity contribution in [3.63, 3.8) is 0 Å². The molecule has 0 unspecified atom stereocenters. The molecule has 0 aliphatic heterocycles. The summed E-state index contributed by atoms with van der Waals surface area (Å²) in [6, 6.07) is 15.6. The van der Waals surface area contributed by atoms with Crippen LogP contribution in [0.4, 0.5) is 4.39 Å². The molecule has 0 saturated heterocycles. The number of aromatic hydroxyl groups is 1. The van der Waals surface area contributed by atoms with Crippen molar-refractivity contribution < 1.29 is 9.50 Å². The molecular formula is C18H15FN2O2S. The highest BCUT2D eigenvalue weighted by atomic mass is 32.2. The lowest BCUT2D eigenvalue weighted by atomic mass is 10.1. The van der Waals surface area contributed by atoms with Crippen molar-refractivity contribution in [1.82, 2.24) is 9.97 Å². The maximum absolute atomic E-state index is 12.9. The van der Waals surface area contributed by atoms with Gasteiger partial charge in [0.25, 0.3) is 5.56 Å². The highest BCUT2D eigenvalue weighted by Gasteiger charge is 2.12. The molecule has 3 rings (SSSR count). The predicted octanol–water partition coefficient (Wildman–Crippen LogP) is 3.50. The number of H-pyrrole nitrogens is 1. The van der Waals surface area contributed by atoms with E-state index in [0.717, 1.165) is 11.1 Å². The van der Waals surface area contributed by atoms with Gasteiger partial charge in [0.05, 0.1) is 5.56 Å². The molecule has 0 spiro atoms. The molecule has 0 bridgehead atoms. The van der Waals surface area contributed by atoms with Gasteiger partial charge in [0.15, 0.2) is 5.16 Å². The van der Waals surface area contributed by atoms with E-state index in [0.29, 0.717) is 10.9 Å². The standard InChI is InChI=1S/C18H15FN2O2S/c19-14-8-6-12(7-9-14)10-15-16(22)20-18(21-17(15)23)24-11-13-4-2-1-3-5-13/h1-9H,10-11H2,(H2,20,21,22,23). The third-order valence-corrected chi connectivity index (χ3v) is 4.43. The fourth-order valence-electron chi connectivity index (χ4n) is 2.23. The second-order valence-corrected chi connectivity index (χ2v) is 6.21. The van der Waals surface area contributed by atoms with Crippen LogP contribution in [0.2, 0.25) is 0 Å². The van der Waals surface area contributed by atoms with Crippen molar-refractivity contribution in [1.29, 1.82) is 0 Å². The van der Waals surface area contributed by atoms with Crippen LogP contribution >= 0.6 is 11.8 Å². The Balaban J connectivity index is 1.76. The Morgan fingerprint density at radius 3 is 2.42 bits per heavy atom. The lowest BCUT2D eigenvalue weighted by Crippen LogP contribution is -2.15. The highest BCUT2D eigenvalue weighted by Crippen LogP contribution is 2.22. The van der Waals surface area contributed by atoms with Gasteiger partial charge in [0.1, 0.15) is 5.82 Å². The lowest BCUT2D eigenvalue weighted by Gasteiger charge is -2.06. The van der Waals surface area contributed by atoms with E-state index in [1.165, 1.54) is 23.9 Å². The number of nitrogens with one attached hydrogen (secondary N) is 1. The van der Waals surface area contributed by atoms with Crippen LogP contribution in [0.1, 0.15) is 16.7 Å². The Labute approximate surface area is 142 Å². The monoisotopic (exact) mass is 342 g/mol. The minimum Gasteiger partial charge on any atom is -0.493 e. The minimum absolute atomic E-state index is 0.172. The fourth-order valence-corrected chi connectivity index (χ4v) is 3.04. The summed E-state index contributed by atoms with van der Waals surface area (Å²) in [6.45, 7) is 0. The van der Waals surface area contributed by atoms with Gasteiger partial charge in [-0.1, -0.05) is 54.2 Å². The lowest BCUT2D eigenvalue weighted by molar-refractivity contribution is 0.437. The first kappa shape index (κ1) is 16.3. The Kier molecular flexibility index (Phi) is 4.96. The van der Waals surface area contributed by atoms with Crippen molar-refractivity contribution in [2.45, 2.75) is 17.3 Å². The molecule has 2 N–H and O–H groups in total. The van der Waals surface area contributed by atoms with Crippen LogP contribution in [0.25, 0.3) is 0 Å². The molecule has 0 fully saturated rings. The van der Waals surface area contributed by atoms with Crippen molar-refractivity contribution in [3.05, 3.63) is 87.5 Å². The van der Waals surface area contributed by atoms with Crippen molar-refractivity contribution in [3.8, 4) is 5.88 Å². The third-order valence-electron chi connectivity index (χ3n) is 3.48. The molecule has 122 valence electrons. The summed E-state index contributed by atoms with van der Waals surface area (Å²) in [4.78, 5) is 18.9. The van der Waals surface area contributed by atoms with Gasteiger partial charge in [-0.05, 0) is 23.3 Å². The molecule has 0 aliphatic rings. The number of aromatic nitrogens is 2. The van der Waals surface area contributed by atoms with Crippen molar-refractivity contribution in [2.75, 3.05) is 0 Å². The number of hydrogen-bond donors (Lipinski definition) is 2. The van der Waals surface area contributed by atoms with E-state index < -0.39 is 0 Å².